The highest BCUT2D eigenvalue weighted by Gasteiger charge is 2.17. The van der Waals surface area contributed by atoms with Crippen LogP contribution in [-0.4, -0.2) is 15.0 Å². The first-order valence-electron chi connectivity index (χ1n) is 17.1. The average Bonchev–Trinajstić information content (AvgIpc) is 3.59. The van der Waals surface area contributed by atoms with E-state index in [1.807, 2.05) is 60.7 Å². The van der Waals surface area contributed by atoms with Gasteiger partial charge in [-0.15, -0.1) is 0 Å². The van der Waals surface area contributed by atoms with Crippen molar-refractivity contribution >= 4 is 43.5 Å². The molecular weight excluding hydrogens is 623 g/mol. The molecule has 0 unspecified atom stereocenters. The molecule has 4 nitrogen and oxygen atoms in total. The maximum absolute atomic E-state index is 6.68. The van der Waals surface area contributed by atoms with Gasteiger partial charge in [0.1, 0.15) is 11.2 Å². The Morgan fingerprint density at radius 3 is 1.53 bits per heavy atom. The molecule has 0 bridgehead atoms. The van der Waals surface area contributed by atoms with Crippen molar-refractivity contribution in [2.24, 2.45) is 0 Å². The Morgan fingerprint density at radius 2 is 0.843 bits per heavy atom. The first kappa shape index (κ1) is 29.0. The zero-order valence-corrected chi connectivity index (χ0v) is 27.5. The summed E-state index contributed by atoms with van der Waals surface area (Å²) in [6.45, 7) is 0. The second kappa shape index (κ2) is 11.9. The third-order valence-corrected chi connectivity index (χ3v) is 9.73. The molecule has 238 valence electrons. The number of nitrogens with zero attached hydrogens (tertiary/aromatic N) is 3. The molecule has 0 aliphatic carbocycles. The van der Waals surface area contributed by atoms with E-state index >= 15 is 0 Å². The van der Waals surface area contributed by atoms with Crippen LogP contribution in [0, 0.1) is 0 Å². The summed E-state index contributed by atoms with van der Waals surface area (Å²) in [6.07, 6.45) is 0. The minimum absolute atomic E-state index is 0.635. The monoisotopic (exact) mass is 651 g/mol. The van der Waals surface area contributed by atoms with E-state index in [0.29, 0.717) is 17.5 Å². The molecule has 51 heavy (non-hydrogen) atoms. The number of rotatable bonds is 5. The van der Waals surface area contributed by atoms with Crippen molar-refractivity contribution in [3.8, 4) is 56.4 Å². The van der Waals surface area contributed by atoms with Gasteiger partial charge >= 0.3 is 0 Å². The van der Waals surface area contributed by atoms with Crippen molar-refractivity contribution in [1.82, 2.24) is 15.0 Å². The van der Waals surface area contributed by atoms with Gasteiger partial charge < -0.3 is 4.42 Å². The normalized spacial score (nSPS) is 11.5. The molecule has 0 aliphatic rings. The fraction of sp³-hybridized carbons (Fsp3) is 0. The topological polar surface area (TPSA) is 51.8 Å². The van der Waals surface area contributed by atoms with Crippen LogP contribution in [0.1, 0.15) is 0 Å². The van der Waals surface area contributed by atoms with Crippen molar-refractivity contribution in [2.45, 2.75) is 0 Å². The lowest BCUT2D eigenvalue weighted by molar-refractivity contribution is 0.673. The first-order valence-corrected chi connectivity index (χ1v) is 17.1. The van der Waals surface area contributed by atoms with Gasteiger partial charge in [0.2, 0.25) is 0 Å². The minimum Gasteiger partial charge on any atom is -0.455 e. The second-order valence-corrected chi connectivity index (χ2v) is 12.8. The number of furan rings is 1. The van der Waals surface area contributed by atoms with E-state index in [1.54, 1.807) is 0 Å². The number of hydrogen-bond acceptors (Lipinski definition) is 4. The summed E-state index contributed by atoms with van der Waals surface area (Å²) in [5.41, 5.74) is 9.20. The summed E-state index contributed by atoms with van der Waals surface area (Å²) < 4.78 is 6.68. The van der Waals surface area contributed by atoms with Gasteiger partial charge in [0.05, 0.1) is 0 Å². The van der Waals surface area contributed by atoms with Crippen molar-refractivity contribution in [2.75, 3.05) is 0 Å². The zero-order valence-electron chi connectivity index (χ0n) is 27.5. The Balaban J connectivity index is 1.06. The molecule has 0 N–H and O–H groups in total. The van der Waals surface area contributed by atoms with Crippen molar-refractivity contribution < 1.29 is 4.42 Å². The van der Waals surface area contributed by atoms with Gasteiger partial charge in [0.25, 0.3) is 0 Å². The van der Waals surface area contributed by atoms with Gasteiger partial charge in [-0.1, -0.05) is 158 Å². The van der Waals surface area contributed by atoms with E-state index in [1.165, 1.54) is 27.3 Å². The Kier molecular flexibility index (Phi) is 6.78. The number of benzene rings is 8. The van der Waals surface area contributed by atoms with Crippen LogP contribution in [0.2, 0.25) is 0 Å². The van der Waals surface area contributed by atoms with Crippen LogP contribution < -0.4 is 0 Å². The molecule has 0 atom stereocenters. The quantitative estimate of drug-likeness (QED) is 0.186. The highest BCUT2D eigenvalue weighted by atomic mass is 16.3. The number of aromatic nitrogens is 3. The molecule has 0 saturated carbocycles. The maximum Gasteiger partial charge on any atom is 0.164 e. The average molecular weight is 652 g/mol. The van der Waals surface area contributed by atoms with Gasteiger partial charge in [0, 0.05) is 32.8 Å². The summed E-state index contributed by atoms with van der Waals surface area (Å²) in [5.74, 6) is 1.93. The number of fused-ring (bicyclic) bond motifs is 6. The standard InChI is InChI=1S/C47H29N3O/c1-3-13-32(14-4-1)45-48-46(33-15-5-2-6-16-33)50-47(49-45)34-24-22-30(23-25-34)35-26-27-39-42-29-41(37-21-11-17-31-12-7-8-18-36(31)37)38-19-9-10-20-40(38)44(42)51-43(39)28-35/h1-29H. The summed E-state index contributed by atoms with van der Waals surface area (Å²) in [6, 6.07) is 61.1. The van der Waals surface area contributed by atoms with Crippen molar-refractivity contribution in [3.63, 3.8) is 0 Å². The highest BCUT2D eigenvalue weighted by molar-refractivity contribution is 6.20. The molecule has 0 spiro atoms. The largest absolute Gasteiger partial charge is 0.455 e. The van der Waals surface area contributed by atoms with Crippen LogP contribution in [0.15, 0.2) is 180 Å². The zero-order chi connectivity index (χ0) is 33.7. The highest BCUT2D eigenvalue weighted by Crippen LogP contribution is 2.42. The van der Waals surface area contributed by atoms with Crippen LogP contribution in [0.5, 0.6) is 0 Å². The van der Waals surface area contributed by atoms with Crippen LogP contribution in [0.4, 0.5) is 0 Å². The molecule has 8 aromatic carbocycles. The van der Waals surface area contributed by atoms with Gasteiger partial charge in [-0.3, -0.25) is 0 Å². The molecule has 10 rings (SSSR count). The van der Waals surface area contributed by atoms with Crippen LogP contribution in [0.3, 0.4) is 0 Å². The summed E-state index contributed by atoms with van der Waals surface area (Å²) in [7, 11) is 0. The Morgan fingerprint density at radius 1 is 0.314 bits per heavy atom. The third-order valence-electron chi connectivity index (χ3n) is 9.73. The van der Waals surface area contributed by atoms with Crippen LogP contribution >= 0.6 is 0 Å². The van der Waals surface area contributed by atoms with E-state index in [9.17, 15) is 0 Å². The van der Waals surface area contributed by atoms with Gasteiger partial charge in [-0.25, -0.2) is 15.0 Å². The van der Waals surface area contributed by atoms with Crippen molar-refractivity contribution in [1.29, 1.82) is 0 Å². The van der Waals surface area contributed by atoms with Gasteiger partial charge in [-0.2, -0.15) is 0 Å². The lowest BCUT2D eigenvalue weighted by Gasteiger charge is -2.11. The number of hydrogen-bond donors (Lipinski definition) is 0. The molecule has 2 aromatic heterocycles. The molecule has 2 heterocycles. The van der Waals surface area contributed by atoms with E-state index in [-0.39, 0.29) is 0 Å². The predicted molar refractivity (Wildman–Crippen MR) is 209 cm³/mol. The Labute approximate surface area is 294 Å². The fourth-order valence-corrected chi connectivity index (χ4v) is 7.21. The molecule has 0 amide bonds. The molecule has 10 aromatic rings. The van der Waals surface area contributed by atoms with Crippen LogP contribution in [-0.2, 0) is 0 Å². The van der Waals surface area contributed by atoms with E-state index in [4.69, 9.17) is 19.4 Å². The van der Waals surface area contributed by atoms with Gasteiger partial charge in [-0.05, 0) is 56.6 Å². The first-order chi connectivity index (χ1) is 25.3. The summed E-state index contributed by atoms with van der Waals surface area (Å²) >= 11 is 0. The van der Waals surface area contributed by atoms with E-state index in [0.717, 1.165) is 55.1 Å². The van der Waals surface area contributed by atoms with Crippen LogP contribution in [0.25, 0.3) is 99.9 Å². The smallest absolute Gasteiger partial charge is 0.164 e. The summed E-state index contributed by atoms with van der Waals surface area (Å²) in [4.78, 5) is 14.6. The Hall–Kier alpha value is -6.91. The van der Waals surface area contributed by atoms with E-state index in [2.05, 4.69) is 115 Å². The predicted octanol–water partition coefficient (Wildman–Crippen LogP) is 12.4. The Bertz CT molecular complexity index is 2830. The minimum atomic E-state index is 0.635. The molecule has 0 saturated heterocycles. The van der Waals surface area contributed by atoms with Crippen molar-refractivity contribution in [3.05, 3.63) is 176 Å². The molecule has 0 radical (unpaired) electrons. The second-order valence-electron chi connectivity index (χ2n) is 12.8. The molecular formula is C47H29N3O. The van der Waals surface area contributed by atoms with Gasteiger partial charge in [0.15, 0.2) is 17.5 Å². The molecule has 0 fully saturated rings. The SMILES string of the molecule is c1ccc(-c2nc(-c3ccccc3)nc(-c3ccc(-c4ccc5c(c4)oc4c6ccccc6c(-c6cccc7ccccc67)cc54)cc3)n2)cc1. The summed E-state index contributed by atoms with van der Waals surface area (Å²) in [5, 5.41) is 6.99. The third kappa shape index (κ3) is 5.04. The lowest BCUT2D eigenvalue weighted by atomic mass is 9.92. The fourth-order valence-electron chi connectivity index (χ4n) is 7.21. The molecule has 4 heteroatoms. The van der Waals surface area contributed by atoms with E-state index < -0.39 is 0 Å². The molecule has 0 aliphatic heterocycles. The maximum atomic E-state index is 6.68. The lowest BCUT2D eigenvalue weighted by Crippen LogP contribution is -2.00.